The first kappa shape index (κ1) is 15.8. The Labute approximate surface area is 129 Å². The number of rotatable bonds is 5. The van der Waals surface area contributed by atoms with Crippen molar-refractivity contribution in [3.63, 3.8) is 0 Å². The highest BCUT2D eigenvalue weighted by Crippen LogP contribution is 2.25. The van der Waals surface area contributed by atoms with Crippen molar-refractivity contribution in [1.29, 1.82) is 5.26 Å². The lowest BCUT2D eigenvalue weighted by molar-refractivity contribution is 0.259. The summed E-state index contributed by atoms with van der Waals surface area (Å²) >= 11 is 0. The van der Waals surface area contributed by atoms with Crippen molar-refractivity contribution in [3.05, 3.63) is 35.8 Å². The van der Waals surface area contributed by atoms with E-state index < -0.39 is 5.79 Å². The third-order valence-electron chi connectivity index (χ3n) is 3.06. The number of aromatic nitrogens is 1. The molecule has 0 aliphatic carbocycles. The summed E-state index contributed by atoms with van der Waals surface area (Å²) < 4.78 is 5.63. The molecule has 1 atom stereocenters. The van der Waals surface area contributed by atoms with E-state index in [-0.39, 0.29) is 5.69 Å². The van der Waals surface area contributed by atoms with Gasteiger partial charge in [0.1, 0.15) is 18.5 Å². The molecular formula is C14H19N7O. The van der Waals surface area contributed by atoms with Crippen LogP contribution in [-0.2, 0) is 5.79 Å². The van der Waals surface area contributed by atoms with Gasteiger partial charge in [0.05, 0.1) is 0 Å². The lowest BCUT2D eigenvalue weighted by Crippen LogP contribution is -2.49. The maximum atomic E-state index is 9.13. The molecule has 0 saturated heterocycles. The van der Waals surface area contributed by atoms with Gasteiger partial charge in [-0.05, 0) is 26.2 Å². The average Bonchev–Trinajstić information content (AvgIpc) is 2.46. The molecule has 0 bridgehead atoms. The van der Waals surface area contributed by atoms with Crippen molar-refractivity contribution in [3.8, 4) is 11.8 Å². The molecule has 1 aliphatic rings. The molecule has 1 aromatic rings. The van der Waals surface area contributed by atoms with Gasteiger partial charge in [0.2, 0.25) is 5.79 Å². The number of hydrogen-bond acceptors (Lipinski definition) is 8. The second-order valence-electron chi connectivity index (χ2n) is 5.11. The summed E-state index contributed by atoms with van der Waals surface area (Å²) in [6.07, 6.45) is 4.71. The van der Waals surface area contributed by atoms with E-state index in [0.717, 1.165) is 6.54 Å². The van der Waals surface area contributed by atoms with Crippen molar-refractivity contribution >= 4 is 5.84 Å². The predicted octanol–water partition coefficient (Wildman–Crippen LogP) is -0.563. The monoisotopic (exact) mass is 301 g/mol. The van der Waals surface area contributed by atoms with Crippen LogP contribution in [0.25, 0.3) is 0 Å². The standard InChI is InChI=1S/C14H19N7O/c1-21(2)5-6-22-12-7-10(9-18-11(12)8-15)14(17)19-4-3-13(16)20-14/h3-4,7,9,19H,5-6,17H2,1-2H3,(H2,16,20). The number of pyridine rings is 1. The number of ether oxygens (including phenoxy) is 1. The summed E-state index contributed by atoms with van der Waals surface area (Å²) in [5, 5.41) is 12.1. The fourth-order valence-electron chi connectivity index (χ4n) is 1.86. The summed E-state index contributed by atoms with van der Waals surface area (Å²) in [4.78, 5) is 10.2. The number of hydrogen-bond donors (Lipinski definition) is 3. The summed E-state index contributed by atoms with van der Waals surface area (Å²) in [6.45, 7) is 1.15. The first-order valence-electron chi connectivity index (χ1n) is 6.71. The number of nitrogens with two attached hydrogens (primary N) is 2. The topological polar surface area (TPSA) is 126 Å². The number of nitrogens with zero attached hydrogens (tertiary/aromatic N) is 4. The van der Waals surface area contributed by atoms with Crippen LogP contribution in [-0.4, -0.2) is 43.0 Å². The van der Waals surface area contributed by atoms with E-state index in [1.807, 2.05) is 25.1 Å². The highest BCUT2D eigenvalue weighted by atomic mass is 16.5. The Morgan fingerprint density at radius 1 is 1.50 bits per heavy atom. The average molecular weight is 301 g/mol. The van der Waals surface area contributed by atoms with Crippen LogP contribution in [0.2, 0.25) is 0 Å². The highest BCUT2D eigenvalue weighted by molar-refractivity contribution is 5.92. The second kappa shape index (κ2) is 6.43. The second-order valence-corrected chi connectivity index (χ2v) is 5.11. The number of amidine groups is 1. The van der Waals surface area contributed by atoms with Crippen LogP contribution in [0.3, 0.4) is 0 Å². The zero-order valence-electron chi connectivity index (χ0n) is 12.6. The predicted molar refractivity (Wildman–Crippen MR) is 82.8 cm³/mol. The summed E-state index contributed by atoms with van der Waals surface area (Å²) in [6, 6.07) is 3.66. The summed E-state index contributed by atoms with van der Waals surface area (Å²) in [5.41, 5.74) is 12.6. The lowest BCUT2D eigenvalue weighted by Gasteiger charge is -2.28. The molecule has 0 fully saturated rings. The Balaban J connectivity index is 2.27. The smallest absolute Gasteiger partial charge is 0.212 e. The molecule has 0 amide bonds. The molecule has 5 N–H and O–H groups in total. The van der Waals surface area contributed by atoms with Crippen LogP contribution in [0, 0.1) is 11.3 Å². The zero-order valence-corrected chi connectivity index (χ0v) is 12.6. The van der Waals surface area contributed by atoms with Crippen LogP contribution in [0.1, 0.15) is 11.3 Å². The molecule has 2 heterocycles. The van der Waals surface area contributed by atoms with E-state index in [1.165, 1.54) is 6.20 Å². The molecule has 1 aromatic heterocycles. The molecule has 0 aromatic carbocycles. The van der Waals surface area contributed by atoms with E-state index in [0.29, 0.717) is 23.8 Å². The van der Waals surface area contributed by atoms with E-state index in [9.17, 15) is 0 Å². The van der Waals surface area contributed by atoms with Gasteiger partial charge in [0.15, 0.2) is 11.4 Å². The number of nitriles is 1. The molecule has 8 nitrogen and oxygen atoms in total. The minimum absolute atomic E-state index is 0.203. The third-order valence-corrected chi connectivity index (χ3v) is 3.06. The van der Waals surface area contributed by atoms with Crippen molar-refractivity contribution in [2.45, 2.75) is 5.79 Å². The van der Waals surface area contributed by atoms with E-state index >= 15 is 0 Å². The van der Waals surface area contributed by atoms with Crippen molar-refractivity contribution in [1.82, 2.24) is 15.2 Å². The van der Waals surface area contributed by atoms with Gasteiger partial charge in [0.25, 0.3) is 0 Å². The Morgan fingerprint density at radius 3 is 2.91 bits per heavy atom. The number of nitrogens with one attached hydrogen (secondary N) is 1. The molecule has 0 radical (unpaired) electrons. The Kier molecular flexibility index (Phi) is 4.60. The molecule has 1 aliphatic heterocycles. The van der Waals surface area contributed by atoms with Crippen LogP contribution in [0.4, 0.5) is 0 Å². The normalized spacial score (nSPS) is 20.2. The van der Waals surface area contributed by atoms with Gasteiger partial charge in [-0.2, -0.15) is 5.26 Å². The van der Waals surface area contributed by atoms with Crippen LogP contribution < -0.4 is 21.5 Å². The quantitative estimate of drug-likeness (QED) is 0.665. The molecule has 1 unspecified atom stereocenters. The van der Waals surface area contributed by atoms with Gasteiger partial charge < -0.3 is 20.7 Å². The largest absolute Gasteiger partial charge is 0.489 e. The van der Waals surface area contributed by atoms with E-state index in [4.69, 9.17) is 21.5 Å². The fourth-order valence-corrected chi connectivity index (χ4v) is 1.86. The minimum Gasteiger partial charge on any atom is -0.489 e. The molecular weight excluding hydrogens is 282 g/mol. The number of aliphatic imine (C=N–C) groups is 1. The molecule has 22 heavy (non-hydrogen) atoms. The van der Waals surface area contributed by atoms with Gasteiger partial charge in [-0.15, -0.1) is 0 Å². The molecule has 116 valence electrons. The highest BCUT2D eigenvalue weighted by Gasteiger charge is 2.29. The van der Waals surface area contributed by atoms with Gasteiger partial charge in [-0.3, -0.25) is 5.73 Å². The first-order valence-corrected chi connectivity index (χ1v) is 6.71. The SMILES string of the molecule is CN(C)CCOc1cc(C2(N)N=C(N)C=CN2)cnc1C#N. The Bertz CT molecular complexity index is 647. The van der Waals surface area contributed by atoms with Crippen molar-refractivity contribution < 1.29 is 4.74 Å². The molecule has 0 saturated carbocycles. The van der Waals surface area contributed by atoms with Crippen LogP contribution >= 0.6 is 0 Å². The molecule has 0 spiro atoms. The van der Waals surface area contributed by atoms with Gasteiger partial charge in [-0.1, -0.05) is 0 Å². The Morgan fingerprint density at radius 2 is 2.27 bits per heavy atom. The minimum atomic E-state index is -1.22. The van der Waals surface area contributed by atoms with E-state index in [1.54, 1.807) is 18.3 Å². The summed E-state index contributed by atoms with van der Waals surface area (Å²) in [5.74, 6) is -0.545. The molecule has 2 rings (SSSR count). The van der Waals surface area contributed by atoms with Crippen molar-refractivity contribution in [2.75, 3.05) is 27.2 Å². The van der Waals surface area contributed by atoms with Gasteiger partial charge >= 0.3 is 0 Å². The van der Waals surface area contributed by atoms with Gasteiger partial charge in [-0.25, -0.2) is 9.98 Å². The van der Waals surface area contributed by atoms with Crippen LogP contribution in [0.5, 0.6) is 5.75 Å². The zero-order chi connectivity index (χ0) is 16.2. The van der Waals surface area contributed by atoms with Gasteiger partial charge in [0, 0.05) is 24.5 Å². The fraction of sp³-hybridized carbons (Fsp3) is 0.357. The lowest BCUT2D eigenvalue weighted by atomic mass is 10.1. The van der Waals surface area contributed by atoms with E-state index in [2.05, 4.69) is 15.3 Å². The maximum absolute atomic E-state index is 9.13. The Hall–Kier alpha value is -2.63. The maximum Gasteiger partial charge on any atom is 0.212 e. The summed E-state index contributed by atoms with van der Waals surface area (Å²) in [7, 11) is 3.88. The van der Waals surface area contributed by atoms with Crippen molar-refractivity contribution in [2.24, 2.45) is 16.5 Å². The first-order chi connectivity index (χ1) is 10.4. The number of likely N-dealkylation sites (N-methyl/N-ethyl adjacent to an activating group) is 1. The van der Waals surface area contributed by atoms with Crippen LogP contribution in [0.15, 0.2) is 29.5 Å². The molecule has 8 heteroatoms. The third kappa shape index (κ3) is 3.52.